The van der Waals surface area contributed by atoms with Gasteiger partial charge in [-0.05, 0) is 41.5 Å². The number of carbonyl (C=O) groups excluding carboxylic acids is 1. The molecule has 0 radical (unpaired) electrons. The number of benzene rings is 2. The number of carboxylic acid groups (broad SMARTS) is 1. The summed E-state index contributed by atoms with van der Waals surface area (Å²) >= 11 is 0. The zero-order valence-corrected chi connectivity index (χ0v) is 12.9. The number of aromatic carboxylic acids is 1. The maximum Gasteiger partial charge on any atom is 0.118 e. The van der Waals surface area contributed by atoms with Crippen LogP contribution in [-0.2, 0) is 16.6 Å². The molecule has 2 N–H and O–H groups in total. The normalized spacial score (nSPS) is 11.8. The van der Waals surface area contributed by atoms with Crippen molar-refractivity contribution < 1.29 is 29.3 Å². The third-order valence-electron chi connectivity index (χ3n) is 3.15. The molecule has 7 nitrogen and oxygen atoms in total. The van der Waals surface area contributed by atoms with E-state index in [0.717, 1.165) is 6.07 Å². The Balaban J connectivity index is 2.27. The van der Waals surface area contributed by atoms with Crippen molar-refractivity contribution in [3.8, 4) is 5.75 Å². The standard InChI is InChI=1S/C15H15NO6S/c1-22-12-4-6-13(7-5-12)23(21)9-11-3-2-10(15(17)18)8-14(11)16(19)20/h2-8,19-20H,9H2,1H3,(H,17,18)/p-1. The van der Waals surface area contributed by atoms with Crippen molar-refractivity contribution in [2.24, 2.45) is 0 Å². The van der Waals surface area contributed by atoms with E-state index < -0.39 is 16.8 Å². The van der Waals surface area contributed by atoms with E-state index in [-0.39, 0.29) is 22.2 Å². The molecule has 0 aliphatic rings. The lowest BCUT2D eigenvalue weighted by molar-refractivity contribution is -0.255. The van der Waals surface area contributed by atoms with E-state index in [2.05, 4.69) is 0 Å². The molecule has 2 rings (SSSR count). The van der Waals surface area contributed by atoms with E-state index in [9.17, 15) is 24.5 Å². The first-order chi connectivity index (χ1) is 10.9. The second-order valence-electron chi connectivity index (χ2n) is 4.59. The highest BCUT2D eigenvalue weighted by Crippen LogP contribution is 2.24. The first-order valence-electron chi connectivity index (χ1n) is 6.47. The molecule has 0 aliphatic carbocycles. The van der Waals surface area contributed by atoms with Crippen LogP contribution in [0.25, 0.3) is 0 Å². The Kier molecular flexibility index (Phi) is 5.32. The average Bonchev–Trinajstić information content (AvgIpc) is 2.54. The summed E-state index contributed by atoms with van der Waals surface area (Å²) in [5, 5.41) is 29.1. The van der Waals surface area contributed by atoms with E-state index in [1.54, 1.807) is 24.3 Å². The zero-order chi connectivity index (χ0) is 17.0. The lowest BCUT2D eigenvalue weighted by atomic mass is 10.1. The molecule has 2 aromatic carbocycles. The van der Waals surface area contributed by atoms with Gasteiger partial charge in [-0.15, -0.1) is 5.23 Å². The number of ether oxygens (including phenoxy) is 1. The molecule has 0 saturated carbocycles. The maximum absolute atomic E-state index is 12.4. The summed E-state index contributed by atoms with van der Waals surface area (Å²) in [6, 6.07) is 10.3. The van der Waals surface area contributed by atoms with Crippen LogP contribution in [0.2, 0.25) is 0 Å². The van der Waals surface area contributed by atoms with Crippen molar-refractivity contribution in [2.75, 3.05) is 12.3 Å². The number of anilines is 1. The van der Waals surface area contributed by atoms with E-state index in [0.29, 0.717) is 16.2 Å². The molecule has 0 amide bonds. The summed E-state index contributed by atoms with van der Waals surface area (Å²) < 4.78 is 17.4. The van der Waals surface area contributed by atoms with Crippen LogP contribution in [0.15, 0.2) is 47.4 Å². The Morgan fingerprint density at radius 2 is 1.87 bits per heavy atom. The quantitative estimate of drug-likeness (QED) is 0.756. The van der Waals surface area contributed by atoms with Crippen LogP contribution in [0.5, 0.6) is 5.75 Å². The number of rotatable bonds is 6. The van der Waals surface area contributed by atoms with E-state index in [1.165, 1.54) is 19.2 Å². The third kappa shape index (κ3) is 4.07. The fraction of sp³-hybridized carbons (Fsp3) is 0.133. The summed E-state index contributed by atoms with van der Waals surface area (Å²) in [5.74, 6) is -0.843. The molecule has 0 fully saturated rings. The Bertz CT molecular complexity index is 729. The van der Waals surface area contributed by atoms with Gasteiger partial charge in [0.15, 0.2) is 0 Å². The fourth-order valence-electron chi connectivity index (χ4n) is 1.95. The monoisotopic (exact) mass is 336 g/mol. The Morgan fingerprint density at radius 3 is 2.39 bits per heavy atom. The molecule has 0 heterocycles. The average molecular weight is 336 g/mol. The fourth-order valence-corrected chi connectivity index (χ4v) is 3.08. The van der Waals surface area contributed by atoms with Crippen LogP contribution in [-0.4, -0.2) is 27.7 Å². The van der Waals surface area contributed by atoms with Crippen molar-refractivity contribution in [3.63, 3.8) is 0 Å². The lowest BCUT2D eigenvalue weighted by Crippen LogP contribution is -2.23. The molecule has 0 aromatic heterocycles. The van der Waals surface area contributed by atoms with Gasteiger partial charge in [-0.2, -0.15) is 0 Å². The highest BCUT2D eigenvalue weighted by molar-refractivity contribution is 7.84. The maximum atomic E-state index is 12.4. The molecule has 1 unspecified atom stereocenters. The molecular weight excluding hydrogens is 322 g/mol. The summed E-state index contributed by atoms with van der Waals surface area (Å²) in [6.45, 7) is 0. The first kappa shape index (κ1) is 16.9. The summed E-state index contributed by atoms with van der Waals surface area (Å²) in [4.78, 5) is 11.4. The van der Waals surface area contributed by atoms with Crippen LogP contribution < -0.4 is 15.1 Å². The molecule has 0 aliphatic heterocycles. The molecule has 122 valence electrons. The molecule has 1 atom stereocenters. The largest absolute Gasteiger partial charge is 0.545 e. The Labute approximate surface area is 134 Å². The summed E-state index contributed by atoms with van der Waals surface area (Å²) in [6.07, 6.45) is 0. The number of hydrogen-bond acceptors (Lipinski definition) is 7. The van der Waals surface area contributed by atoms with Gasteiger partial charge in [0.2, 0.25) is 0 Å². The van der Waals surface area contributed by atoms with Gasteiger partial charge in [0.1, 0.15) is 5.75 Å². The minimum atomic E-state index is -1.46. The Hall–Kier alpha value is -2.42. The number of carbonyl (C=O) groups is 1. The van der Waals surface area contributed by atoms with Gasteiger partial charge in [0, 0.05) is 4.90 Å². The minimum Gasteiger partial charge on any atom is -0.545 e. The predicted octanol–water partition coefficient (Wildman–Crippen LogP) is 0.951. The van der Waals surface area contributed by atoms with Crippen molar-refractivity contribution in [2.45, 2.75) is 10.6 Å². The number of hydrogen-bond donors (Lipinski definition) is 2. The van der Waals surface area contributed by atoms with Crippen LogP contribution in [0, 0.1) is 0 Å². The third-order valence-corrected chi connectivity index (χ3v) is 4.52. The topological polar surface area (TPSA) is 110 Å². The van der Waals surface area contributed by atoms with E-state index in [4.69, 9.17) is 4.74 Å². The van der Waals surface area contributed by atoms with Gasteiger partial charge in [-0.25, -0.2) is 0 Å². The van der Waals surface area contributed by atoms with Crippen LogP contribution >= 0.6 is 0 Å². The molecular formula is C15H14NO6S-. The second-order valence-corrected chi connectivity index (χ2v) is 6.04. The van der Waals surface area contributed by atoms with Crippen molar-refractivity contribution in [1.29, 1.82) is 0 Å². The number of carboxylic acids is 1. The van der Waals surface area contributed by atoms with Crippen LogP contribution in [0.4, 0.5) is 5.69 Å². The molecule has 0 saturated heterocycles. The van der Waals surface area contributed by atoms with E-state index in [1.807, 2.05) is 0 Å². The SMILES string of the molecule is COc1ccc(S(=O)Cc2ccc(C(=O)[O-])cc2N(O)O)cc1. The Morgan fingerprint density at radius 1 is 1.22 bits per heavy atom. The molecule has 2 aromatic rings. The molecule has 0 spiro atoms. The van der Waals surface area contributed by atoms with Gasteiger partial charge in [0.25, 0.3) is 0 Å². The van der Waals surface area contributed by atoms with Crippen molar-refractivity contribution in [1.82, 2.24) is 0 Å². The van der Waals surface area contributed by atoms with E-state index >= 15 is 0 Å². The minimum absolute atomic E-state index is 0.0212. The predicted molar refractivity (Wildman–Crippen MR) is 79.9 cm³/mol. The summed E-state index contributed by atoms with van der Waals surface area (Å²) in [5.41, 5.74) is -0.0743. The van der Waals surface area contributed by atoms with Gasteiger partial charge in [-0.3, -0.25) is 14.6 Å². The molecule has 8 heteroatoms. The molecule has 0 bridgehead atoms. The van der Waals surface area contributed by atoms with Gasteiger partial charge < -0.3 is 14.6 Å². The highest BCUT2D eigenvalue weighted by Gasteiger charge is 2.13. The summed E-state index contributed by atoms with van der Waals surface area (Å²) in [7, 11) is 0.0657. The van der Waals surface area contributed by atoms with Gasteiger partial charge >= 0.3 is 0 Å². The smallest absolute Gasteiger partial charge is 0.118 e. The van der Waals surface area contributed by atoms with Gasteiger partial charge in [0.05, 0.1) is 35.3 Å². The highest BCUT2D eigenvalue weighted by atomic mass is 32.2. The van der Waals surface area contributed by atoms with Crippen LogP contribution in [0.3, 0.4) is 0 Å². The lowest BCUT2D eigenvalue weighted by Gasteiger charge is -2.15. The van der Waals surface area contributed by atoms with Crippen molar-refractivity contribution >= 4 is 22.5 Å². The second kappa shape index (κ2) is 7.23. The zero-order valence-electron chi connectivity index (χ0n) is 12.1. The van der Waals surface area contributed by atoms with Gasteiger partial charge in [-0.1, -0.05) is 12.1 Å². The molecule has 23 heavy (non-hydrogen) atoms. The number of methoxy groups -OCH3 is 1. The van der Waals surface area contributed by atoms with Crippen LogP contribution in [0.1, 0.15) is 15.9 Å². The first-order valence-corrected chi connectivity index (χ1v) is 7.79. The number of nitrogens with zero attached hydrogens (tertiary/aromatic N) is 1. The van der Waals surface area contributed by atoms with Crippen molar-refractivity contribution in [3.05, 3.63) is 53.6 Å².